The standard InChI is InChI=1S/C11H18N4/c1-2-10(6-12-3-1)7-14-9-11-8-13-4-5-15-11/h4-5,8,10,12,14H,1-3,6-7,9H2/t10-/m1/s1. The van der Waals surface area contributed by atoms with Crippen LogP contribution in [-0.4, -0.2) is 29.6 Å². The minimum Gasteiger partial charge on any atom is -0.316 e. The van der Waals surface area contributed by atoms with E-state index < -0.39 is 0 Å². The number of nitrogens with one attached hydrogen (secondary N) is 2. The molecular weight excluding hydrogens is 188 g/mol. The van der Waals surface area contributed by atoms with Crippen molar-refractivity contribution in [3.8, 4) is 0 Å². The lowest BCUT2D eigenvalue weighted by molar-refractivity contribution is 0.359. The van der Waals surface area contributed by atoms with E-state index in [-0.39, 0.29) is 0 Å². The van der Waals surface area contributed by atoms with Gasteiger partial charge in [0.2, 0.25) is 0 Å². The quantitative estimate of drug-likeness (QED) is 0.756. The van der Waals surface area contributed by atoms with Crippen LogP contribution in [0.2, 0.25) is 0 Å². The SMILES string of the molecule is c1cnc(CNC[C@@H]2CCCNC2)cn1. The number of hydrogen-bond donors (Lipinski definition) is 2. The van der Waals surface area contributed by atoms with Gasteiger partial charge in [0.1, 0.15) is 0 Å². The lowest BCUT2D eigenvalue weighted by atomic mass is 10.00. The summed E-state index contributed by atoms with van der Waals surface area (Å²) < 4.78 is 0. The highest BCUT2D eigenvalue weighted by Gasteiger charge is 2.11. The molecule has 0 saturated carbocycles. The van der Waals surface area contributed by atoms with E-state index in [4.69, 9.17) is 0 Å². The Morgan fingerprint density at radius 2 is 2.47 bits per heavy atom. The summed E-state index contributed by atoms with van der Waals surface area (Å²) in [5.74, 6) is 0.774. The molecule has 4 nitrogen and oxygen atoms in total. The summed E-state index contributed by atoms with van der Waals surface area (Å²) in [5.41, 5.74) is 1.02. The van der Waals surface area contributed by atoms with Gasteiger partial charge in [0, 0.05) is 25.1 Å². The molecular formula is C11H18N4. The van der Waals surface area contributed by atoms with Crippen molar-refractivity contribution in [3.05, 3.63) is 24.3 Å². The molecule has 1 saturated heterocycles. The molecule has 82 valence electrons. The van der Waals surface area contributed by atoms with Crippen molar-refractivity contribution in [2.45, 2.75) is 19.4 Å². The second-order valence-electron chi connectivity index (χ2n) is 4.04. The van der Waals surface area contributed by atoms with Gasteiger partial charge in [-0.05, 0) is 38.4 Å². The molecule has 1 fully saturated rings. The van der Waals surface area contributed by atoms with Crippen LogP contribution in [0.5, 0.6) is 0 Å². The van der Waals surface area contributed by atoms with Crippen LogP contribution in [0.25, 0.3) is 0 Å². The zero-order chi connectivity index (χ0) is 10.3. The molecule has 0 aliphatic carbocycles. The Labute approximate surface area is 90.5 Å². The summed E-state index contributed by atoms with van der Waals surface area (Å²) >= 11 is 0. The predicted molar refractivity (Wildman–Crippen MR) is 59.3 cm³/mol. The van der Waals surface area contributed by atoms with Crippen LogP contribution in [-0.2, 0) is 6.54 Å². The summed E-state index contributed by atoms with van der Waals surface area (Å²) in [4.78, 5) is 8.26. The van der Waals surface area contributed by atoms with Crippen molar-refractivity contribution in [2.75, 3.05) is 19.6 Å². The van der Waals surface area contributed by atoms with Gasteiger partial charge in [0.05, 0.1) is 5.69 Å². The first-order valence-electron chi connectivity index (χ1n) is 5.61. The van der Waals surface area contributed by atoms with Gasteiger partial charge in [-0.1, -0.05) is 0 Å². The summed E-state index contributed by atoms with van der Waals surface area (Å²) in [6.07, 6.45) is 7.89. The molecule has 1 aliphatic rings. The Morgan fingerprint density at radius 1 is 1.47 bits per heavy atom. The van der Waals surface area contributed by atoms with Gasteiger partial charge in [-0.2, -0.15) is 0 Å². The summed E-state index contributed by atoms with van der Waals surface area (Å²) in [5, 5.41) is 6.84. The van der Waals surface area contributed by atoms with Crippen molar-refractivity contribution in [2.24, 2.45) is 5.92 Å². The van der Waals surface area contributed by atoms with E-state index >= 15 is 0 Å². The maximum absolute atomic E-state index is 4.22. The molecule has 0 aromatic carbocycles. The van der Waals surface area contributed by atoms with Gasteiger partial charge in [0.15, 0.2) is 0 Å². The smallest absolute Gasteiger partial charge is 0.0724 e. The van der Waals surface area contributed by atoms with Crippen LogP contribution in [0.4, 0.5) is 0 Å². The van der Waals surface area contributed by atoms with E-state index in [1.807, 2.05) is 6.20 Å². The van der Waals surface area contributed by atoms with E-state index in [1.54, 1.807) is 12.4 Å². The number of aromatic nitrogens is 2. The topological polar surface area (TPSA) is 49.8 Å². The normalized spacial score (nSPS) is 21.5. The lowest BCUT2D eigenvalue weighted by Gasteiger charge is -2.22. The zero-order valence-electron chi connectivity index (χ0n) is 8.95. The van der Waals surface area contributed by atoms with Crippen LogP contribution < -0.4 is 10.6 Å². The molecule has 15 heavy (non-hydrogen) atoms. The summed E-state index contributed by atoms with van der Waals surface area (Å²) in [6.45, 7) is 4.22. The summed E-state index contributed by atoms with van der Waals surface area (Å²) in [7, 11) is 0. The fourth-order valence-corrected chi connectivity index (χ4v) is 1.92. The molecule has 1 aliphatic heterocycles. The molecule has 2 heterocycles. The van der Waals surface area contributed by atoms with Crippen LogP contribution in [0.1, 0.15) is 18.5 Å². The van der Waals surface area contributed by atoms with Crippen molar-refractivity contribution >= 4 is 0 Å². The molecule has 2 N–H and O–H groups in total. The van der Waals surface area contributed by atoms with Crippen LogP contribution in [0, 0.1) is 5.92 Å². The Balaban J connectivity index is 1.66. The monoisotopic (exact) mass is 206 g/mol. The number of rotatable bonds is 4. The van der Waals surface area contributed by atoms with Crippen LogP contribution in [0.3, 0.4) is 0 Å². The average molecular weight is 206 g/mol. The average Bonchev–Trinajstić information content (AvgIpc) is 2.32. The molecule has 0 unspecified atom stereocenters. The number of nitrogens with zero attached hydrogens (tertiary/aromatic N) is 2. The third-order valence-corrected chi connectivity index (χ3v) is 2.75. The van der Waals surface area contributed by atoms with Crippen LogP contribution >= 0.6 is 0 Å². The molecule has 0 radical (unpaired) electrons. The first-order valence-corrected chi connectivity index (χ1v) is 5.61. The van der Waals surface area contributed by atoms with Gasteiger partial charge in [-0.25, -0.2) is 0 Å². The molecule has 0 spiro atoms. The summed E-state index contributed by atoms with van der Waals surface area (Å²) in [6, 6.07) is 0. The molecule has 0 amide bonds. The second-order valence-corrected chi connectivity index (χ2v) is 4.04. The highest BCUT2D eigenvalue weighted by atomic mass is 14.9. The first-order chi connectivity index (χ1) is 7.45. The first kappa shape index (κ1) is 10.5. The van der Waals surface area contributed by atoms with Crippen molar-refractivity contribution < 1.29 is 0 Å². The predicted octanol–water partition coefficient (Wildman–Crippen LogP) is 0.566. The maximum Gasteiger partial charge on any atom is 0.0724 e. The molecule has 1 atom stereocenters. The molecule has 2 rings (SSSR count). The van der Waals surface area contributed by atoms with Crippen molar-refractivity contribution in [3.63, 3.8) is 0 Å². The lowest BCUT2D eigenvalue weighted by Crippen LogP contribution is -2.35. The van der Waals surface area contributed by atoms with Gasteiger partial charge in [-0.15, -0.1) is 0 Å². The second kappa shape index (κ2) is 5.78. The van der Waals surface area contributed by atoms with Gasteiger partial charge in [0.25, 0.3) is 0 Å². The third kappa shape index (κ3) is 3.57. The fourth-order valence-electron chi connectivity index (χ4n) is 1.92. The van der Waals surface area contributed by atoms with E-state index in [0.717, 1.165) is 31.2 Å². The minimum absolute atomic E-state index is 0.774. The van der Waals surface area contributed by atoms with Crippen molar-refractivity contribution in [1.29, 1.82) is 0 Å². The van der Waals surface area contributed by atoms with Crippen LogP contribution in [0.15, 0.2) is 18.6 Å². The van der Waals surface area contributed by atoms with E-state index in [0.29, 0.717) is 0 Å². The number of hydrogen-bond acceptors (Lipinski definition) is 4. The highest BCUT2D eigenvalue weighted by molar-refractivity contribution is 4.93. The van der Waals surface area contributed by atoms with Gasteiger partial charge < -0.3 is 10.6 Å². The Bertz CT molecular complexity index is 269. The fraction of sp³-hybridized carbons (Fsp3) is 0.636. The third-order valence-electron chi connectivity index (χ3n) is 2.75. The Kier molecular flexibility index (Phi) is 4.05. The van der Waals surface area contributed by atoms with Crippen molar-refractivity contribution in [1.82, 2.24) is 20.6 Å². The molecule has 0 bridgehead atoms. The van der Waals surface area contributed by atoms with E-state index in [1.165, 1.54) is 19.4 Å². The largest absolute Gasteiger partial charge is 0.316 e. The molecule has 1 aromatic heterocycles. The Hall–Kier alpha value is -1.00. The van der Waals surface area contributed by atoms with E-state index in [2.05, 4.69) is 20.6 Å². The maximum atomic E-state index is 4.22. The van der Waals surface area contributed by atoms with E-state index in [9.17, 15) is 0 Å². The number of piperidine rings is 1. The zero-order valence-corrected chi connectivity index (χ0v) is 8.95. The molecule has 1 aromatic rings. The van der Waals surface area contributed by atoms with Gasteiger partial charge >= 0.3 is 0 Å². The van der Waals surface area contributed by atoms with Gasteiger partial charge in [-0.3, -0.25) is 9.97 Å². The highest BCUT2D eigenvalue weighted by Crippen LogP contribution is 2.08. The Morgan fingerprint density at radius 3 is 3.20 bits per heavy atom. The molecule has 4 heteroatoms. The minimum atomic E-state index is 0.774.